The second-order valence-corrected chi connectivity index (χ2v) is 7.67. The minimum Gasteiger partial charge on any atom is -0.481 e. The van der Waals surface area contributed by atoms with Crippen molar-refractivity contribution >= 4 is 22.8 Å². The van der Waals surface area contributed by atoms with E-state index in [0.29, 0.717) is 17.7 Å². The lowest BCUT2D eigenvalue weighted by Crippen LogP contribution is -2.28. The van der Waals surface area contributed by atoms with Crippen LogP contribution in [0, 0.1) is 20.8 Å². The summed E-state index contributed by atoms with van der Waals surface area (Å²) in [6, 6.07) is 10.0. The van der Waals surface area contributed by atoms with Crippen molar-refractivity contribution in [2.24, 2.45) is 0 Å². The maximum atomic E-state index is 12.3. The summed E-state index contributed by atoms with van der Waals surface area (Å²) in [6.07, 6.45) is 1.76. The van der Waals surface area contributed by atoms with Gasteiger partial charge < -0.3 is 19.2 Å². The van der Waals surface area contributed by atoms with Gasteiger partial charge in [0.1, 0.15) is 22.6 Å². The smallest absolute Gasteiger partial charge is 0.349 e. The number of unbranched alkanes of at least 4 members (excludes halogenated alkanes) is 1. The quantitative estimate of drug-likeness (QED) is 0.245. The third-order valence-electron chi connectivity index (χ3n) is 5.21. The molecule has 0 spiro atoms. The van der Waals surface area contributed by atoms with Crippen molar-refractivity contribution in [3.63, 3.8) is 0 Å². The Hall–Kier alpha value is -3.61. The van der Waals surface area contributed by atoms with Crippen LogP contribution in [-0.4, -0.2) is 25.0 Å². The molecule has 1 amide bonds. The Morgan fingerprint density at radius 3 is 2.53 bits per heavy atom. The molecular weight excluding hydrogens is 410 g/mol. The number of hydrogen-bond donors (Lipinski definition) is 1. The van der Waals surface area contributed by atoms with Crippen LogP contribution in [0.15, 0.2) is 45.6 Å². The Morgan fingerprint density at radius 1 is 1.03 bits per heavy atom. The first kappa shape index (κ1) is 23.1. The van der Waals surface area contributed by atoms with Crippen LogP contribution in [0.1, 0.15) is 46.8 Å². The largest absolute Gasteiger partial charge is 0.481 e. The highest BCUT2D eigenvalue weighted by molar-refractivity contribution is 5.96. The van der Waals surface area contributed by atoms with Gasteiger partial charge in [-0.2, -0.15) is 0 Å². The third kappa shape index (κ3) is 5.35. The Labute approximate surface area is 186 Å². The third-order valence-corrected chi connectivity index (χ3v) is 5.21. The molecule has 1 heterocycles. The molecule has 1 N–H and O–H groups in total. The van der Waals surface area contributed by atoms with Gasteiger partial charge >= 0.3 is 11.6 Å². The predicted octanol–water partition coefficient (Wildman–Crippen LogP) is 4.23. The number of benzene rings is 2. The Kier molecular flexibility index (Phi) is 7.30. The molecular formula is C25H27NO6. The molecule has 3 aromatic rings. The first-order valence-electron chi connectivity index (χ1n) is 10.6. The number of carbonyl (C=O) groups excluding carboxylic acids is 2. The van der Waals surface area contributed by atoms with Gasteiger partial charge in [-0.15, -0.1) is 0 Å². The van der Waals surface area contributed by atoms with E-state index in [-0.39, 0.29) is 23.5 Å². The Bertz CT molecular complexity index is 1210. The first-order valence-corrected chi connectivity index (χ1v) is 10.6. The van der Waals surface area contributed by atoms with Crippen molar-refractivity contribution in [2.75, 3.05) is 13.2 Å². The number of aryl methyl sites for hydroxylation is 2. The number of nitrogens with one attached hydrogen (secondary N) is 1. The van der Waals surface area contributed by atoms with Crippen LogP contribution in [0.5, 0.6) is 11.5 Å². The van der Waals surface area contributed by atoms with Gasteiger partial charge in [0, 0.05) is 18.0 Å². The zero-order chi connectivity index (χ0) is 23.3. The lowest BCUT2D eigenvalue weighted by molar-refractivity contribution is -0.136. The summed E-state index contributed by atoms with van der Waals surface area (Å²) >= 11 is 0. The van der Waals surface area contributed by atoms with Crippen molar-refractivity contribution in [1.82, 2.24) is 5.32 Å². The van der Waals surface area contributed by atoms with Crippen LogP contribution in [-0.2, 0) is 4.79 Å². The fraction of sp³-hybridized carbons (Fsp3) is 0.320. The van der Waals surface area contributed by atoms with Gasteiger partial charge in [-0.1, -0.05) is 25.5 Å². The van der Waals surface area contributed by atoms with Crippen LogP contribution < -0.4 is 20.4 Å². The fourth-order valence-corrected chi connectivity index (χ4v) is 3.23. The molecule has 0 radical (unpaired) electrons. The molecule has 0 saturated heterocycles. The van der Waals surface area contributed by atoms with E-state index in [4.69, 9.17) is 13.9 Å². The van der Waals surface area contributed by atoms with Gasteiger partial charge in [-0.05, 0) is 62.1 Å². The normalized spacial score (nSPS) is 10.8. The molecule has 1 aromatic heterocycles. The summed E-state index contributed by atoms with van der Waals surface area (Å²) in [7, 11) is 0. The van der Waals surface area contributed by atoms with Gasteiger partial charge in [-0.3, -0.25) is 4.79 Å². The second kappa shape index (κ2) is 10.1. The highest BCUT2D eigenvalue weighted by Gasteiger charge is 2.15. The van der Waals surface area contributed by atoms with E-state index in [2.05, 4.69) is 5.32 Å². The maximum Gasteiger partial charge on any atom is 0.349 e. The molecule has 3 rings (SSSR count). The van der Waals surface area contributed by atoms with Crippen LogP contribution in [0.3, 0.4) is 0 Å². The average Bonchev–Trinajstić information content (AvgIpc) is 2.76. The number of rotatable bonds is 8. The van der Waals surface area contributed by atoms with Crippen molar-refractivity contribution in [3.8, 4) is 11.5 Å². The van der Waals surface area contributed by atoms with E-state index < -0.39 is 17.5 Å². The molecule has 168 valence electrons. The average molecular weight is 437 g/mol. The molecule has 0 bridgehead atoms. The lowest BCUT2D eigenvalue weighted by Gasteiger charge is -2.13. The number of hydrogen-bond acceptors (Lipinski definition) is 6. The predicted molar refractivity (Wildman–Crippen MR) is 122 cm³/mol. The molecule has 2 aromatic carbocycles. The minimum absolute atomic E-state index is 0.0596. The summed E-state index contributed by atoms with van der Waals surface area (Å²) in [5.41, 5.74) is 2.39. The fourth-order valence-electron chi connectivity index (χ4n) is 3.23. The zero-order valence-electron chi connectivity index (χ0n) is 18.7. The van der Waals surface area contributed by atoms with Gasteiger partial charge in [0.15, 0.2) is 6.61 Å². The summed E-state index contributed by atoms with van der Waals surface area (Å²) in [5.74, 6) is -0.175. The summed E-state index contributed by atoms with van der Waals surface area (Å²) in [5, 5.41) is 3.25. The van der Waals surface area contributed by atoms with Crippen LogP contribution >= 0.6 is 0 Å². The highest BCUT2D eigenvalue weighted by Crippen LogP contribution is 2.26. The van der Waals surface area contributed by atoms with Crippen molar-refractivity contribution in [3.05, 3.63) is 69.1 Å². The van der Waals surface area contributed by atoms with E-state index >= 15 is 0 Å². The summed E-state index contributed by atoms with van der Waals surface area (Å²) < 4.78 is 16.3. The van der Waals surface area contributed by atoms with E-state index in [1.54, 1.807) is 12.1 Å². The van der Waals surface area contributed by atoms with Crippen molar-refractivity contribution in [2.45, 2.75) is 40.5 Å². The van der Waals surface area contributed by atoms with E-state index in [9.17, 15) is 14.4 Å². The molecule has 0 aliphatic carbocycles. The van der Waals surface area contributed by atoms with E-state index in [0.717, 1.165) is 29.5 Å². The van der Waals surface area contributed by atoms with Gasteiger partial charge in [0.2, 0.25) is 0 Å². The minimum atomic E-state index is -0.747. The number of amides is 1. The summed E-state index contributed by atoms with van der Waals surface area (Å²) in [4.78, 5) is 36.7. The van der Waals surface area contributed by atoms with Gasteiger partial charge in [0.25, 0.3) is 5.91 Å². The topological polar surface area (TPSA) is 94.8 Å². The molecule has 7 heteroatoms. The monoisotopic (exact) mass is 437 g/mol. The van der Waals surface area contributed by atoms with Crippen LogP contribution in [0.25, 0.3) is 11.0 Å². The van der Waals surface area contributed by atoms with Crippen molar-refractivity contribution in [1.29, 1.82) is 0 Å². The van der Waals surface area contributed by atoms with E-state index in [1.807, 2.05) is 39.8 Å². The highest BCUT2D eigenvalue weighted by atomic mass is 16.6. The zero-order valence-corrected chi connectivity index (χ0v) is 18.7. The van der Waals surface area contributed by atoms with Crippen molar-refractivity contribution < 1.29 is 23.5 Å². The number of ether oxygens (including phenoxy) is 2. The second-order valence-electron chi connectivity index (χ2n) is 7.67. The van der Waals surface area contributed by atoms with Crippen LogP contribution in [0.4, 0.5) is 0 Å². The van der Waals surface area contributed by atoms with E-state index in [1.165, 1.54) is 12.1 Å². The van der Waals surface area contributed by atoms with Gasteiger partial charge in [0.05, 0.1) is 0 Å². The first-order chi connectivity index (χ1) is 15.3. The van der Waals surface area contributed by atoms with Gasteiger partial charge in [-0.25, -0.2) is 9.59 Å². The molecule has 0 fully saturated rings. The molecule has 32 heavy (non-hydrogen) atoms. The molecule has 0 aliphatic heterocycles. The van der Waals surface area contributed by atoms with Crippen LogP contribution in [0.2, 0.25) is 0 Å². The maximum absolute atomic E-state index is 12.3. The lowest BCUT2D eigenvalue weighted by atomic mass is 10.1. The number of fused-ring (bicyclic) bond motifs is 1. The molecule has 7 nitrogen and oxygen atoms in total. The standard InChI is InChI=1S/C25H27NO6/c1-5-6-11-26-24(28)20-12-18-9-10-19(13-21(18)32-25(20)29)31-22(27)14-30-23-16(3)8-7-15(2)17(23)4/h7-10,12-13H,5-6,11,14H2,1-4H3,(H,26,28). The molecule has 0 atom stereocenters. The SMILES string of the molecule is CCCCNC(=O)c1cc2ccc(OC(=O)COc3c(C)ccc(C)c3C)cc2oc1=O. The Balaban J connectivity index is 1.70. The molecule has 0 aliphatic rings. The Morgan fingerprint density at radius 2 is 1.78 bits per heavy atom. The number of esters is 1. The summed E-state index contributed by atoms with van der Waals surface area (Å²) in [6.45, 7) is 8.07. The molecule has 0 unspecified atom stereocenters. The number of carbonyl (C=O) groups is 2. The molecule has 0 saturated carbocycles.